The average molecular weight is 385 g/mol. The van der Waals surface area contributed by atoms with E-state index in [1.54, 1.807) is 17.0 Å². The molecule has 6 heteroatoms. The number of benzene rings is 2. The van der Waals surface area contributed by atoms with E-state index in [2.05, 4.69) is 0 Å². The number of aliphatic hydroxyl groups is 1. The Kier molecular flexibility index (Phi) is 7.42. The van der Waals surface area contributed by atoms with Crippen molar-refractivity contribution in [3.63, 3.8) is 0 Å². The first kappa shape index (κ1) is 20.3. The number of rotatable bonds is 8. The summed E-state index contributed by atoms with van der Waals surface area (Å²) >= 11 is 0. The molecule has 1 fully saturated rings. The van der Waals surface area contributed by atoms with Gasteiger partial charge in [0.05, 0.1) is 25.9 Å². The molecule has 1 heterocycles. The zero-order chi connectivity index (χ0) is 19.8. The highest BCUT2D eigenvalue weighted by Crippen LogP contribution is 2.31. The lowest BCUT2D eigenvalue weighted by atomic mass is 9.97. The summed E-state index contributed by atoms with van der Waals surface area (Å²) in [6, 6.07) is 16.5. The van der Waals surface area contributed by atoms with E-state index in [1.807, 2.05) is 49.4 Å². The maximum atomic E-state index is 13.3. The molecule has 1 aliphatic heterocycles. The van der Waals surface area contributed by atoms with Crippen LogP contribution >= 0.6 is 0 Å². The van der Waals surface area contributed by atoms with E-state index < -0.39 is 6.10 Å². The number of ether oxygens (including phenoxy) is 3. The number of nitrogens with zero attached hydrogens (tertiary/aromatic N) is 1. The fraction of sp³-hybridized carbons (Fsp3) is 0.409. The van der Waals surface area contributed by atoms with Gasteiger partial charge in [-0.25, -0.2) is 0 Å². The summed E-state index contributed by atoms with van der Waals surface area (Å²) in [5, 5.41) is 9.78. The standard InChI is InChI=1S/C22H27NO5/c1-2-26-13-14-27-19-10-6-9-18(15-19)22(25)23-11-12-28-20(16-24)21(23)17-7-4-3-5-8-17/h3-10,15,20-21,24H,2,11-14,16H2,1H3/t20-,21-/m1/s1. The lowest BCUT2D eigenvalue weighted by Gasteiger charge is -2.41. The largest absolute Gasteiger partial charge is 0.491 e. The Hall–Kier alpha value is -2.41. The Balaban J connectivity index is 1.79. The van der Waals surface area contributed by atoms with Gasteiger partial charge in [-0.3, -0.25) is 4.79 Å². The van der Waals surface area contributed by atoms with E-state index in [1.165, 1.54) is 0 Å². The van der Waals surface area contributed by atoms with Crippen molar-refractivity contribution < 1.29 is 24.1 Å². The molecule has 0 aromatic heterocycles. The lowest BCUT2D eigenvalue weighted by molar-refractivity contribution is -0.0811. The van der Waals surface area contributed by atoms with Gasteiger partial charge in [0, 0.05) is 18.7 Å². The van der Waals surface area contributed by atoms with Gasteiger partial charge >= 0.3 is 0 Å². The summed E-state index contributed by atoms with van der Waals surface area (Å²) in [5.74, 6) is 0.527. The number of carbonyl (C=O) groups is 1. The van der Waals surface area contributed by atoms with Crippen molar-refractivity contribution in [3.05, 3.63) is 65.7 Å². The van der Waals surface area contributed by atoms with E-state index in [-0.39, 0.29) is 18.6 Å². The van der Waals surface area contributed by atoms with Crippen molar-refractivity contribution in [1.82, 2.24) is 4.90 Å². The van der Waals surface area contributed by atoms with Crippen molar-refractivity contribution in [1.29, 1.82) is 0 Å². The third-order valence-electron chi connectivity index (χ3n) is 4.72. The Morgan fingerprint density at radius 3 is 2.75 bits per heavy atom. The summed E-state index contributed by atoms with van der Waals surface area (Å²) in [7, 11) is 0. The number of carbonyl (C=O) groups excluding carboxylic acids is 1. The first-order valence-corrected chi connectivity index (χ1v) is 9.63. The molecule has 2 aromatic rings. The van der Waals surface area contributed by atoms with Crippen molar-refractivity contribution in [2.24, 2.45) is 0 Å². The van der Waals surface area contributed by atoms with Gasteiger partial charge in [0.1, 0.15) is 18.5 Å². The molecule has 1 amide bonds. The van der Waals surface area contributed by atoms with E-state index in [0.29, 0.717) is 44.3 Å². The fourth-order valence-electron chi connectivity index (χ4n) is 3.41. The Bertz CT molecular complexity index is 752. The molecule has 0 unspecified atom stereocenters. The topological polar surface area (TPSA) is 68.2 Å². The van der Waals surface area contributed by atoms with Gasteiger partial charge in [0.2, 0.25) is 0 Å². The predicted octanol–water partition coefficient (Wildman–Crippen LogP) is 2.68. The molecule has 0 spiro atoms. The van der Waals surface area contributed by atoms with Gasteiger partial charge in [-0.15, -0.1) is 0 Å². The Morgan fingerprint density at radius 2 is 2.00 bits per heavy atom. The third-order valence-corrected chi connectivity index (χ3v) is 4.72. The van der Waals surface area contributed by atoms with Crippen LogP contribution in [0.15, 0.2) is 54.6 Å². The molecule has 2 aromatic carbocycles. The molecule has 0 radical (unpaired) electrons. The van der Waals surface area contributed by atoms with Crippen molar-refractivity contribution in [2.75, 3.05) is 39.6 Å². The first-order chi connectivity index (χ1) is 13.7. The van der Waals surface area contributed by atoms with Gasteiger partial charge in [-0.2, -0.15) is 0 Å². The molecule has 28 heavy (non-hydrogen) atoms. The number of hydrogen-bond acceptors (Lipinski definition) is 5. The minimum Gasteiger partial charge on any atom is -0.491 e. The molecule has 0 bridgehead atoms. The Morgan fingerprint density at radius 1 is 1.18 bits per heavy atom. The second kappa shape index (κ2) is 10.2. The second-order valence-corrected chi connectivity index (χ2v) is 6.52. The second-order valence-electron chi connectivity index (χ2n) is 6.52. The molecule has 0 saturated carbocycles. The number of morpholine rings is 1. The van der Waals surface area contributed by atoms with Crippen molar-refractivity contribution >= 4 is 5.91 Å². The quantitative estimate of drug-likeness (QED) is 0.708. The smallest absolute Gasteiger partial charge is 0.254 e. The van der Waals surface area contributed by atoms with Crippen molar-refractivity contribution in [2.45, 2.75) is 19.1 Å². The number of aliphatic hydroxyl groups excluding tert-OH is 1. The van der Waals surface area contributed by atoms with E-state index in [0.717, 1.165) is 5.56 Å². The van der Waals surface area contributed by atoms with Crippen LogP contribution in [0.2, 0.25) is 0 Å². The van der Waals surface area contributed by atoms with E-state index in [4.69, 9.17) is 14.2 Å². The number of amides is 1. The molecule has 1 N–H and O–H groups in total. The third kappa shape index (κ3) is 4.90. The van der Waals surface area contributed by atoms with Gasteiger partial charge in [-0.1, -0.05) is 36.4 Å². The minimum absolute atomic E-state index is 0.106. The molecule has 1 saturated heterocycles. The normalized spacial score (nSPS) is 19.4. The van der Waals surface area contributed by atoms with Crippen LogP contribution < -0.4 is 4.74 Å². The molecule has 150 valence electrons. The van der Waals surface area contributed by atoms with Crippen LogP contribution in [0, 0.1) is 0 Å². The lowest BCUT2D eigenvalue weighted by Crippen LogP contribution is -2.49. The molecular weight excluding hydrogens is 358 g/mol. The van der Waals surface area contributed by atoms with Gasteiger partial charge < -0.3 is 24.2 Å². The molecule has 1 aliphatic rings. The van der Waals surface area contributed by atoms with Crippen LogP contribution in [-0.2, 0) is 9.47 Å². The summed E-state index contributed by atoms with van der Waals surface area (Å²) in [6.45, 7) is 4.23. The Labute approximate surface area is 165 Å². The highest BCUT2D eigenvalue weighted by Gasteiger charge is 2.36. The van der Waals surface area contributed by atoms with E-state index >= 15 is 0 Å². The highest BCUT2D eigenvalue weighted by atomic mass is 16.5. The molecule has 0 aliphatic carbocycles. The zero-order valence-electron chi connectivity index (χ0n) is 16.1. The summed E-state index contributed by atoms with van der Waals surface area (Å²) in [4.78, 5) is 15.1. The van der Waals surface area contributed by atoms with Crippen LogP contribution in [0.3, 0.4) is 0 Å². The maximum Gasteiger partial charge on any atom is 0.254 e. The SMILES string of the molecule is CCOCCOc1cccc(C(=O)N2CCO[C@H](CO)[C@H]2c2ccccc2)c1. The fourth-order valence-corrected chi connectivity index (χ4v) is 3.41. The van der Waals surface area contributed by atoms with Gasteiger partial charge in [0.15, 0.2) is 0 Å². The molecule has 3 rings (SSSR count). The van der Waals surface area contributed by atoms with Gasteiger partial charge in [-0.05, 0) is 30.7 Å². The monoisotopic (exact) mass is 385 g/mol. The molecular formula is C22H27NO5. The highest BCUT2D eigenvalue weighted by molar-refractivity contribution is 5.95. The minimum atomic E-state index is -0.453. The van der Waals surface area contributed by atoms with Crippen LogP contribution in [0.4, 0.5) is 0 Å². The number of hydrogen-bond donors (Lipinski definition) is 1. The predicted molar refractivity (Wildman–Crippen MR) is 105 cm³/mol. The van der Waals surface area contributed by atoms with Crippen LogP contribution in [0.1, 0.15) is 28.9 Å². The summed E-state index contributed by atoms with van der Waals surface area (Å²) < 4.78 is 16.7. The van der Waals surface area contributed by atoms with E-state index in [9.17, 15) is 9.90 Å². The average Bonchev–Trinajstić information content (AvgIpc) is 2.76. The van der Waals surface area contributed by atoms with Crippen LogP contribution in [0.25, 0.3) is 0 Å². The van der Waals surface area contributed by atoms with Crippen molar-refractivity contribution in [3.8, 4) is 5.75 Å². The first-order valence-electron chi connectivity index (χ1n) is 9.63. The molecule has 2 atom stereocenters. The molecule has 6 nitrogen and oxygen atoms in total. The zero-order valence-corrected chi connectivity index (χ0v) is 16.1. The van der Waals surface area contributed by atoms with Crippen LogP contribution in [0.5, 0.6) is 5.75 Å². The van der Waals surface area contributed by atoms with Gasteiger partial charge in [0.25, 0.3) is 5.91 Å². The summed E-state index contributed by atoms with van der Waals surface area (Å²) in [5.41, 5.74) is 1.49. The van der Waals surface area contributed by atoms with Crippen LogP contribution in [-0.4, -0.2) is 61.6 Å². The maximum absolute atomic E-state index is 13.3. The summed E-state index contributed by atoms with van der Waals surface area (Å²) in [6.07, 6.45) is -0.453.